The fourth-order valence-corrected chi connectivity index (χ4v) is 4.62. The van der Waals surface area contributed by atoms with E-state index in [-0.39, 0.29) is 5.82 Å². The van der Waals surface area contributed by atoms with E-state index in [0.29, 0.717) is 6.04 Å². The number of nitrogens with one attached hydrogen (secondary N) is 1. The van der Waals surface area contributed by atoms with Crippen molar-refractivity contribution in [2.75, 3.05) is 12.3 Å². The van der Waals surface area contributed by atoms with Gasteiger partial charge in [-0.15, -0.1) is 11.8 Å². The van der Waals surface area contributed by atoms with Gasteiger partial charge in [0.2, 0.25) is 0 Å². The molecule has 0 amide bonds. The second kappa shape index (κ2) is 6.95. The Kier molecular flexibility index (Phi) is 5.00. The summed E-state index contributed by atoms with van der Waals surface area (Å²) in [6.07, 6.45) is 9.48. The van der Waals surface area contributed by atoms with Crippen LogP contribution in [0.25, 0.3) is 0 Å². The van der Waals surface area contributed by atoms with Crippen molar-refractivity contribution in [3.63, 3.8) is 0 Å². The molecule has 3 rings (SSSR count). The zero-order valence-corrected chi connectivity index (χ0v) is 12.9. The van der Waals surface area contributed by atoms with Crippen molar-refractivity contribution < 1.29 is 4.39 Å². The summed E-state index contributed by atoms with van der Waals surface area (Å²) in [5.74, 6) is 1.95. The summed E-state index contributed by atoms with van der Waals surface area (Å²) in [7, 11) is 0. The molecule has 0 saturated heterocycles. The number of benzene rings is 1. The number of hydrogen-bond acceptors (Lipinski definition) is 2. The Bertz CT molecular complexity index is 443. The van der Waals surface area contributed by atoms with Crippen LogP contribution in [0.5, 0.6) is 0 Å². The lowest BCUT2D eigenvalue weighted by atomic mass is 9.87. The topological polar surface area (TPSA) is 12.0 Å². The molecule has 3 heteroatoms. The van der Waals surface area contributed by atoms with Crippen molar-refractivity contribution in [3.05, 3.63) is 29.6 Å². The van der Waals surface area contributed by atoms with Gasteiger partial charge in [0, 0.05) is 10.9 Å². The second-order valence-electron chi connectivity index (χ2n) is 6.12. The molecule has 1 N–H and O–H groups in total. The first-order valence-corrected chi connectivity index (χ1v) is 8.97. The van der Waals surface area contributed by atoms with E-state index in [1.165, 1.54) is 49.0 Å². The zero-order chi connectivity index (χ0) is 13.8. The minimum absolute atomic E-state index is 0.106. The summed E-state index contributed by atoms with van der Waals surface area (Å²) in [5.41, 5.74) is 1.17. The van der Waals surface area contributed by atoms with Gasteiger partial charge in [-0.1, -0.05) is 32.1 Å². The first kappa shape index (κ1) is 14.4. The predicted octanol–water partition coefficient (Wildman–Crippen LogP) is 4.92. The fourth-order valence-electron chi connectivity index (χ4n) is 3.51. The third kappa shape index (κ3) is 3.56. The van der Waals surface area contributed by atoms with Gasteiger partial charge in [-0.2, -0.15) is 0 Å². The van der Waals surface area contributed by atoms with Crippen molar-refractivity contribution in [2.45, 2.75) is 55.9 Å². The molecule has 1 aliphatic carbocycles. The van der Waals surface area contributed by atoms with E-state index in [1.54, 1.807) is 12.1 Å². The van der Waals surface area contributed by atoms with Gasteiger partial charge in [0.15, 0.2) is 0 Å². The molecule has 0 bridgehead atoms. The number of fused-ring (bicyclic) bond motifs is 1. The minimum Gasteiger partial charge on any atom is -0.310 e. The number of halogens is 1. The average molecular weight is 293 g/mol. The minimum atomic E-state index is -0.106. The molecular weight excluding hydrogens is 269 g/mol. The van der Waals surface area contributed by atoms with Crippen LogP contribution >= 0.6 is 11.8 Å². The van der Waals surface area contributed by atoms with E-state index in [9.17, 15) is 4.39 Å². The van der Waals surface area contributed by atoms with Gasteiger partial charge in [0.1, 0.15) is 5.82 Å². The lowest BCUT2D eigenvalue weighted by Crippen LogP contribution is -2.27. The van der Waals surface area contributed by atoms with Crippen molar-refractivity contribution in [1.29, 1.82) is 0 Å². The number of rotatable bonds is 4. The highest BCUT2D eigenvalue weighted by Gasteiger charge is 2.21. The normalized spacial score (nSPS) is 23.6. The summed E-state index contributed by atoms with van der Waals surface area (Å²) in [6.45, 7) is 1.08. The molecular formula is C17H24FNS. The van der Waals surface area contributed by atoms with Gasteiger partial charge in [0.25, 0.3) is 0 Å². The smallest absolute Gasteiger partial charge is 0.123 e. The van der Waals surface area contributed by atoms with Crippen LogP contribution in [-0.2, 0) is 0 Å². The molecule has 0 aromatic heterocycles. The van der Waals surface area contributed by atoms with Gasteiger partial charge >= 0.3 is 0 Å². The molecule has 1 aliphatic heterocycles. The molecule has 1 heterocycles. The molecule has 1 saturated carbocycles. The van der Waals surface area contributed by atoms with Crippen molar-refractivity contribution in [2.24, 2.45) is 5.92 Å². The first-order chi connectivity index (χ1) is 9.83. The predicted molar refractivity (Wildman–Crippen MR) is 83.7 cm³/mol. The Hall–Kier alpha value is -0.540. The highest BCUT2D eigenvalue weighted by molar-refractivity contribution is 7.99. The Labute approximate surface area is 125 Å². The molecule has 1 aromatic carbocycles. The SMILES string of the molecule is Fc1ccc2c(c1)C(NCCC1CCCCC1)CCS2. The van der Waals surface area contributed by atoms with Gasteiger partial charge in [-0.05, 0) is 54.8 Å². The molecule has 0 spiro atoms. The average Bonchev–Trinajstić information content (AvgIpc) is 2.49. The third-order valence-electron chi connectivity index (χ3n) is 4.68. The number of hydrogen-bond donors (Lipinski definition) is 1. The Morgan fingerprint density at radius 3 is 2.85 bits per heavy atom. The molecule has 20 heavy (non-hydrogen) atoms. The Morgan fingerprint density at radius 2 is 2.00 bits per heavy atom. The molecule has 2 aliphatic rings. The molecule has 1 unspecified atom stereocenters. The zero-order valence-electron chi connectivity index (χ0n) is 12.0. The third-order valence-corrected chi connectivity index (χ3v) is 5.80. The van der Waals surface area contributed by atoms with E-state index in [1.807, 2.05) is 17.8 Å². The molecule has 1 nitrogen and oxygen atoms in total. The monoisotopic (exact) mass is 293 g/mol. The molecule has 1 atom stereocenters. The summed E-state index contributed by atoms with van der Waals surface area (Å²) in [6, 6.07) is 5.59. The van der Waals surface area contributed by atoms with E-state index in [2.05, 4.69) is 5.32 Å². The quantitative estimate of drug-likeness (QED) is 0.845. The van der Waals surface area contributed by atoms with Crippen molar-refractivity contribution in [3.8, 4) is 0 Å². The van der Waals surface area contributed by atoms with Crippen LogP contribution in [0.4, 0.5) is 4.39 Å². The number of thioether (sulfide) groups is 1. The summed E-state index contributed by atoms with van der Waals surface area (Å²) in [4.78, 5) is 1.26. The lowest BCUT2D eigenvalue weighted by Gasteiger charge is -2.27. The molecule has 1 aromatic rings. The van der Waals surface area contributed by atoms with Crippen molar-refractivity contribution in [1.82, 2.24) is 5.32 Å². The van der Waals surface area contributed by atoms with Gasteiger partial charge in [-0.25, -0.2) is 4.39 Å². The summed E-state index contributed by atoms with van der Waals surface area (Å²) < 4.78 is 13.4. The molecule has 110 valence electrons. The van der Waals surface area contributed by atoms with Gasteiger partial charge in [-0.3, -0.25) is 0 Å². The van der Waals surface area contributed by atoms with E-state index >= 15 is 0 Å². The van der Waals surface area contributed by atoms with Crippen molar-refractivity contribution >= 4 is 11.8 Å². The van der Waals surface area contributed by atoms with Crippen LogP contribution in [0.2, 0.25) is 0 Å². The highest BCUT2D eigenvalue weighted by Crippen LogP contribution is 2.36. The van der Waals surface area contributed by atoms with E-state index in [4.69, 9.17) is 0 Å². The van der Waals surface area contributed by atoms with Crippen LogP contribution in [0.15, 0.2) is 23.1 Å². The lowest BCUT2D eigenvalue weighted by molar-refractivity contribution is 0.326. The largest absolute Gasteiger partial charge is 0.310 e. The van der Waals surface area contributed by atoms with E-state index < -0.39 is 0 Å². The fraction of sp³-hybridized carbons (Fsp3) is 0.647. The van der Waals surface area contributed by atoms with Crippen LogP contribution in [-0.4, -0.2) is 12.3 Å². The highest BCUT2D eigenvalue weighted by atomic mass is 32.2. The van der Waals surface area contributed by atoms with Crippen LogP contribution in [0, 0.1) is 11.7 Å². The van der Waals surface area contributed by atoms with Crippen LogP contribution in [0.1, 0.15) is 56.6 Å². The Morgan fingerprint density at radius 1 is 1.15 bits per heavy atom. The maximum absolute atomic E-state index is 13.4. The maximum atomic E-state index is 13.4. The van der Waals surface area contributed by atoms with E-state index in [0.717, 1.165) is 24.6 Å². The molecule has 1 fully saturated rings. The summed E-state index contributed by atoms with van der Waals surface area (Å²) >= 11 is 1.86. The first-order valence-electron chi connectivity index (χ1n) is 7.98. The second-order valence-corrected chi connectivity index (χ2v) is 7.26. The standard InChI is InChI=1S/C17H24FNS/c18-14-6-7-17-15(12-14)16(9-11-20-17)19-10-8-13-4-2-1-3-5-13/h6-7,12-13,16,19H,1-5,8-11H2. The van der Waals surface area contributed by atoms with Gasteiger partial charge < -0.3 is 5.32 Å². The summed E-state index contributed by atoms with van der Waals surface area (Å²) in [5, 5.41) is 3.67. The maximum Gasteiger partial charge on any atom is 0.123 e. The van der Waals surface area contributed by atoms with Gasteiger partial charge in [0.05, 0.1) is 0 Å². The van der Waals surface area contributed by atoms with Crippen LogP contribution in [0.3, 0.4) is 0 Å². The molecule has 0 radical (unpaired) electrons. The van der Waals surface area contributed by atoms with Crippen LogP contribution < -0.4 is 5.32 Å². The Balaban J connectivity index is 1.54.